The molecule has 9 heteroatoms. The fourth-order valence-electron chi connectivity index (χ4n) is 14.5. The molecule has 1 aromatic carbocycles. The van der Waals surface area contributed by atoms with Gasteiger partial charge in [0.1, 0.15) is 18.0 Å². The van der Waals surface area contributed by atoms with Crippen LogP contribution in [0, 0.1) is 62.0 Å². The van der Waals surface area contributed by atoms with Crippen LogP contribution in [0.15, 0.2) is 46.7 Å². The Morgan fingerprint density at radius 1 is 0.966 bits per heavy atom. The summed E-state index contributed by atoms with van der Waals surface area (Å²) in [7, 11) is 4.19. The van der Waals surface area contributed by atoms with Crippen LogP contribution in [-0.2, 0) is 30.4 Å². The quantitative estimate of drug-likeness (QED) is 0.209. The molecule has 0 radical (unpaired) electrons. The molecule has 5 aliphatic carbocycles. The molecule has 9 atom stereocenters. The first-order chi connectivity index (χ1) is 27.4. The Morgan fingerprint density at radius 2 is 1.64 bits per heavy atom. The lowest BCUT2D eigenvalue weighted by molar-refractivity contribution is -0.228. The first-order valence-corrected chi connectivity index (χ1v) is 22.6. The second-order valence-corrected chi connectivity index (χ2v) is 22.3. The van der Waals surface area contributed by atoms with Gasteiger partial charge in [0, 0.05) is 48.8 Å². The number of carbonyl (C=O) groups excluding carboxylic acids is 2. The zero-order valence-corrected chi connectivity index (χ0v) is 38.2. The number of allylic oxidation sites excluding steroid dienone is 3. The van der Waals surface area contributed by atoms with Gasteiger partial charge in [-0.3, -0.25) is 19.3 Å². The van der Waals surface area contributed by atoms with Crippen molar-refractivity contribution in [2.75, 3.05) is 33.7 Å². The lowest BCUT2D eigenvalue weighted by Gasteiger charge is -2.73. The van der Waals surface area contributed by atoms with Gasteiger partial charge in [-0.25, -0.2) is 4.39 Å². The van der Waals surface area contributed by atoms with Crippen molar-refractivity contribution < 1.29 is 33.4 Å². The summed E-state index contributed by atoms with van der Waals surface area (Å²) >= 11 is 0. The van der Waals surface area contributed by atoms with Crippen LogP contribution in [0.2, 0.25) is 0 Å². The number of carboxylic acids is 1. The Balaban J connectivity index is 1.24. The number of rotatable bonds is 12. The Kier molecular flexibility index (Phi) is 11.3. The molecule has 7 rings (SSSR count). The maximum absolute atomic E-state index is 14.5. The second-order valence-electron chi connectivity index (χ2n) is 22.3. The van der Waals surface area contributed by atoms with E-state index in [9.17, 15) is 23.9 Å². The SMILES string of the molecule is CC1=C2C[C@]3(CC(=O)C(C(C)C)=C3[C@H]3CC[C@@H]4[C@@]5(C)CC[C@H](OC(=O)CC(C)(C)C(=O)O)C(C)(C)[C@@H]5CC[C@@]4(C)[C@]23C)[C@H](CN(CCN(C)C)Cc2ccc(F)cc2)O1. The highest BCUT2D eigenvalue weighted by Crippen LogP contribution is 2.79. The molecule has 0 unspecified atom stereocenters. The van der Waals surface area contributed by atoms with Gasteiger partial charge in [0.2, 0.25) is 0 Å². The fourth-order valence-corrected chi connectivity index (χ4v) is 14.5. The maximum Gasteiger partial charge on any atom is 0.309 e. The monoisotopic (exact) mass is 817 g/mol. The van der Waals surface area contributed by atoms with Gasteiger partial charge in [0.15, 0.2) is 5.78 Å². The van der Waals surface area contributed by atoms with Crippen molar-refractivity contribution in [1.29, 1.82) is 0 Å². The number of carboxylic acid groups (broad SMARTS) is 1. The number of esters is 1. The Labute approximate surface area is 353 Å². The van der Waals surface area contributed by atoms with Gasteiger partial charge in [0.05, 0.1) is 17.6 Å². The highest BCUT2D eigenvalue weighted by atomic mass is 19.1. The Morgan fingerprint density at radius 3 is 2.27 bits per heavy atom. The third-order valence-corrected chi connectivity index (χ3v) is 17.7. The van der Waals surface area contributed by atoms with Crippen molar-refractivity contribution in [1.82, 2.24) is 9.80 Å². The van der Waals surface area contributed by atoms with Gasteiger partial charge in [-0.2, -0.15) is 0 Å². The largest absolute Gasteiger partial charge is 0.493 e. The van der Waals surface area contributed by atoms with E-state index in [1.165, 1.54) is 11.1 Å². The summed E-state index contributed by atoms with van der Waals surface area (Å²) in [6.07, 6.45) is 6.68. The van der Waals surface area contributed by atoms with Crippen LogP contribution in [0.4, 0.5) is 4.39 Å². The van der Waals surface area contributed by atoms with Crippen LogP contribution in [0.1, 0.15) is 133 Å². The molecule has 2 bridgehead atoms. The van der Waals surface area contributed by atoms with E-state index in [1.807, 2.05) is 12.1 Å². The molecule has 8 nitrogen and oxygen atoms in total. The molecule has 6 aliphatic rings. The van der Waals surface area contributed by atoms with Crippen LogP contribution < -0.4 is 0 Å². The van der Waals surface area contributed by atoms with Crippen LogP contribution >= 0.6 is 0 Å². The van der Waals surface area contributed by atoms with E-state index < -0.39 is 22.8 Å². The number of ether oxygens (including phenoxy) is 2. The molecule has 1 aromatic rings. The minimum atomic E-state index is -1.18. The highest BCUT2D eigenvalue weighted by Gasteiger charge is 2.73. The van der Waals surface area contributed by atoms with E-state index in [2.05, 4.69) is 79.3 Å². The average Bonchev–Trinajstić information content (AvgIpc) is 3.43. The molecule has 4 fully saturated rings. The summed E-state index contributed by atoms with van der Waals surface area (Å²) in [4.78, 5) is 44.3. The van der Waals surface area contributed by atoms with E-state index >= 15 is 0 Å². The predicted molar refractivity (Wildman–Crippen MR) is 229 cm³/mol. The van der Waals surface area contributed by atoms with Crippen LogP contribution in [0.3, 0.4) is 0 Å². The maximum atomic E-state index is 14.5. The number of benzene rings is 1. The van der Waals surface area contributed by atoms with Gasteiger partial charge in [-0.15, -0.1) is 0 Å². The van der Waals surface area contributed by atoms with Crippen molar-refractivity contribution in [2.45, 2.75) is 146 Å². The smallest absolute Gasteiger partial charge is 0.309 e. The Bertz CT molecular complexity index is 1910. The number of carbonyl (C=O) groups is 3. The zero-order chi connectivity index (χ0) is 43.2. The molecule has 4 saturated carbocycles. The summed E-state index contributed by atoms with van der Waals surface area (Å²) in [6.45, 7) is 25.1. The molecule has 1 heterocycles. The van der Waals surface area contributed by atoms with E-state index in [0.29, 0.717) is 37.1 Å². The number of ketones is 1. The number of Topliss-reactive ketones (excluding diaryl/α,β-unsaturated/α-hetero) is 1. The van der Waals surface area contributed by atoms with E-state index in [0.717, 1.165) is 74.9 Å². The lowest BCUT2D eigenvalue weighted by Crippen LogP contribution is -2.67. The molecule has 0 aromatic heterocycles. The van der Waals surface area contributed by atoms with E-state index in [4.69, 9.17) is 9.47 Å². The second kappa shape index (κ2) is 15.1. The molecule has 1 aliphatic heterocycles. The molecule has 1 N–H and O–H groups in total. The van der Waals surface area contributed by atoms with Crippen molar-refractivity contribution in [3.63, 3.8) is 0 Å². The fraction of sp³-hybridized carbons (Fsp3) is 0.740. The van der Waals surface area contributed by atoms with Gasteiger partial charge in [-0.05, 0) is 149 Å². The van der Waals surface area contributed by atoms with Gasteiger partial charge < -0.3 is 19.5 Å². The topological polar surface area (TPSA) is 96.4 Å². The average molecular weight is 817 g/mol. The van der Waals surface area contributed by atoms with Crippen molar-refractivity contribution in [3.8, 4) is 0 Å². The van der Waals surface area contributed by atoms with Gasteiger partial charge in [-0.1, -0.05) is 60.6 Å². The predicted octanol–water partition coefficient (Wildman–Crippen LogP) is 9.87. The molecule has 326 valence electrons. The number of hydrogen-bond acceptors (Lipinski definition) is 7. The third-order valence-electron chi connectivity index (χ3n) is 17.7. The van der Waals surface area contributed by atoms with E-state index in [-0.39, 0.29) is 57.9 Å². The summed E-state index contributed by atoms with van der Waals surface area (Å²) in [5, 5.41) is 9.69. The number of fused-ring (bicyclic) bond motifs is 8. The van der Waals surface area contributed by atoms with E-state index in [1.54, 1.807) is 26.0 Å². The zero-order valence-electron chi connectivity index (χ0n) is 38.2. The molecule has 1 spiro atoms. The molecule has 0 amide bonds. The minimum absolute atomic E-state index is 0.0167. The molecule has 59 heavy (non-hydrogen) atoms. The van der Waals surface area contributed by atoms with Gasteiger partial charge >= 0.3 is 11.9 Å². The molecule has 0 saturated heterocycles. The number of hydrogen-bond donors (Lipinski definition) is 1. The number of nitrogens with zero attached hydrogens (tertiary/aromatic N) is 2. The summed E-state index contributed by atoms with van der Waals surface area (Å²) in [5.41, 5.74) is 2.89. The molecular weight excluding hydrogens is 744 g/mol. The highest BCUT2D eigenvalue weighted by molar-refractivity contribution is 6.01. The minimum Gasteiger partial charge on any atom is -0.493 e. The molecular formula is C50H73FN2O6. The third kappa shape index (κ3) is 6.95. The number of halogens is 1. The first kappa shape index (κ1) is 44.0. The van der Waals surface area contributed by atoms with Crippen molar-refractivity contribution >= 4 is 17.7 Å². The first-order valence-electron chi connectivity index (χ1n) is 22.6. The standard InChI is InChI=1S/C50H73FN2O6/c1-30(2)42-36(54)26-50-25-35(31(3)58-40(50)29-53(24-23-52(11)12)28-32-13-15-33(51)16-14-32)49(10)34(43(42)50)17-18-38-47(8)21-20-39(59-41(55)27-45(4,5)44(56)57)46(6,7)37(47)19-22-48(38,49)9/h13-16,30,34,37-40H,17-29H2,1-12H3,(H,56,57)/t34-,37+,38-,39+,40+,47+,48-,49+,50+/m1/s1. The summed E-state index contributed by atoms with van der Waals surface area (Å²) in [6, 6.07) is 6.85. The lowest BCUT2D eigenvalue weighted by atomic mass is 9.32. The van der Waals surface area contributed by atoms with Crippen LogP contribution in [-0.4, -0.2) is 78.6 Å². The van der Waals surface area contributed by atoms with Crippen molar-refractivity contribution in [3.05, 3.63) is 58.1 Å². The van der Waals surface area contributed by atoms with Crippen LogP contribution in [0.25, 0.3) is 0 Å². The number of aliphatic carboxylic acids is 1. The number of likely N-dealkylation sites (N-methyl/N-ethyl adjacent to an activating group) is 1. The van der Waals surface area contributed by atoms with Crippen LogP contribution in [0.5, 0.6) is 0 Å². The Hall–Kier alpha value is -3.04. The summed E-state index contributed by atoms with van der Waals surface area (Å²) < 4.78 is 27.5. The van der Waals surface area contributed by atoms with Gasteiger partial charge in [0.25, 0.3) is 0 Å². The van der Waals surface area contributed by atoms with Crippen molar-refractivity contribution in [2.24, 2.45) is 56.2 Å². The summed E-state index contributed by atoms with van der Waals surface area (Å²) in [5.74, 6) is 0.829. The normalized spacial score (nSPS) is 36.3.